The number of rotatable bonds is 3. The van der Waals surface area contributed by atoms with Crippen molar-refractivity contribution in [3.8, 4) is 0 Å². The Morgan fingerprint density at radius 3 is 2.19 bits per heavy atom. The van der Waals surface area contributed by atoms with Gasteiger partial charge in [0.15, 0.2) is 0 Å². The summed E-state index contributed by atoms with van der Waals surface area (Å²) in [6.45, 7) is 1.29. The Morgan fingerprint density at radius 1 is 0.962 bits per heavy atom. The van der Waals surface area contributed by atoms with Gasteiger partial charge in [0.05, 0.1) is 10.6 Å². The Hall–Kier alpha value is -2.44. The smallest absolute Gasteiger partial charge is 0.258 e. The van der Waals surface area contributed by atoms with E-state index in [4.69, 9.17) is 17.3 Å². The number of carbonyl (C=O) groups excluding carboxylic acids is 2. The van der Waals surface area contributed by atoms with Crippen molar-refractivity contribution in [2.75, 3.05) is 26.2 Å². The molecule has 0 saturated carbocycles. The lowest BCUT2D eigenvalue weighted by Crippen LogP contribution is -2.52. The van der Waals surface area contributed by atoms with Crippen LogP contribution in [0.3, 0.4) is 0 Å². The van der Waals surface area contributed by atoms with Crippen molar-refractivity contribution < 1.29 is 14.0 Å². The number of benzene rings is 2. The molecule has 136 valence electrons. The molecule has 0 radical (unpaired) electrons. The zero-order chi connectivity index (χ0) is 18.7. The van der Waals surface area contributed by atoms with Crippen LogP contribution in [-0.2, 0) is 4.79 Å². The van der Waals surface area contributed by atoms with E-state index < -0.39 is 17.8 Å². The SMILES string of the molecule is NC(C(=O)N1CCN(C(=O)c2c(F)cccc2Cl)CC1)c1ccccc1. The molecular weight excluding hydrogens is 357 g/mol. The molecule has 1 saturated heterocycles. The minimum absolute atomic E-state index is 0.0830. The van der Waals surface area contributed by atoms with E-state index in [1.54, 1.807) is 4.90 Å². The van der Waals surface area contributed by atoms with E-state index in [0.717, 1.165) is 5.56 Å². The molecule has 0 bridgehead atoms. The van der Waals surface area contributed by atoms with Gasteiger partial charge in [0, 0.05) is 26.2 Å². The quantitative estimate of drug-likeness (QED) is 0.896. The summed E-state index contributed by atoms with van der Waals surface area (Å²) in [4.78, 5) is 28.2. The van der Waals surface area contributed by atoms with E-state index in [-0.39, 0.29) is 16.5 Å². The molecular formula is C19H19ClFN3O2. The lowest BCUT2D eigenvalue weighted by Gasteiger charge is -2.36. The van der Waals surface area contributed by atoms with Crippen LogP contribution in [0.25, 0.3) is 0 Å². The maximum atomic E-state index is 13.9. The number of hydrogen-bond acceptors (Lipinski definition) is 3. The average Bonchev–Trinajstić information content (AvgIpc) is 2.67. The van der Waals surface area contributed by atoms with Crippen LogP contribution in [0.15, 0.2) is 48.5 Å². The number of hydrogen-bond donors (Lipinski definition) is 1. The largest absolute Gasteiger partial charge is 0.337 e. The molecule has 1 atom stereocenters. The Bertz CT molecular complexity index is 787. The summed E-state index contributed by atoms with van der Waals surface area (Å²) in [5.74, 6) is -1.30. The van der Waals surface area contributed by atoms with Crippen LogP contribution >= 0.6 is 11.6 Å². The number of piperazine rings is 1. The Morgan fingerprint density at radius 2 is 1.58 bits per heavy atom. The topological polar surface area (TPSA) is 66.6 Å². The van der Waals surface area contributed by atoms with Crippen LogP contribution in [0, 0.1) is 5.82 Å². The molecule has 1 unspecified atom stereocenters. The second-order valence-electron chi connectivity index (χ2n) is 6.10. The molecule has 2 aromatic carbocycles. The van der Waals surface area contributed by atoms with Crippen molar-refractivity contribution in [1.82, 2.24) is 9.80 Å². The molecule has 1 fully saturated rings. The summed E-state index contributed by atoms with van der Waals surface area (Å²) < 4.78 is 13.9. The van der Waals surface area contributed by atoms with Gasteiger partial charge in [-0.1, -0.05) is 48.0 Å². The summed E-state index contributed by atoms with van der Waals surface area (Å²) in [5, 5.41) is 0.0830. The average molecular weight is 376 g/mol. The van der Waals surface area contributed by atoms with Crippen molar-refractivity contribution in [2.24, 2.45) is 5.73 Å². The first-order valence-corrected chi connectivity index (χ1v) is 8.69. The normalized spacial score (nSPS) is 15.7. The number of carbonyl (C=O) groups is 2. The molecule has 5 nitrogen and oxygen atoms in total. The van der Waals surface area contributed by atoms with Gasteiger partial charge in [0.25, 0.3) is 5.91 Å². The highest BCUT2D eigenvalue weighted by molar-refractivity contribution is 6.33. The molecule has 2 amide bonds. The highest BCUT2D eigenvalue weighted by Crippen LogP contribution is 2.22. The monoisotopic (exact) mass is 375 g/mol. The first kappa shape index (κ1) is 18.4. The van der Waals surface area contributed by atoms with Crippen LogP contribution in [-0.4, -0.2) is 47.8 Å². The molecule has 0 aliphatic carbocycles. The number of amides is 2. The second kappa shape index (κ2) is 7.85. The van der Waals surface area contributed by atoms with Crippen molar-refractivity contribution in [1.29, 1.82) is 0 Å². The molecule has 26 heavy (non-hydrogen) atoms. The zero-order valence-corrected chi connectivity index (χ0v) is 14.8. The molecule has 2 aromatic rings. The fourth-order valence-electron chi connectivity index (χ4n) is 2.99. The Kier molecular flexibility index (Phi) is 5.54. The molecule has 1 heterocycles. The first-order chi connectivity index (χ1) is 12.5. The fourth-order valence-corrected chi connectivity index (χ4v) is 3.23. The van der Waals surface area contributed by atoms with Crippen LogP contribution < -0.4 is 5.73 Å². The van der Waals surface area contributed by atoms with Crippen molar-refractivity contribution in [3.63, 3.8) is 0 Å². The van der Waals surface area contributed by atoms with Gasteiger partial charge in [-0.05, 0) is 17.7 Å². The number of nitrogens with zero attached hydrogens (tertiary/aromatic N) is 2. The summed E-state index contributed by atoms with van der Waals surface area (Å²) in [6, 6.07) is 12.5. The lowest BCUT2D eigenvalue weighted by molar-refractivity contribution is -0.134. The number of halogens is 2. The van der Waals surface area contributed by atoms with E-state index in [2.05, 4.69) is 0 Å². The van der Waals surface area contributed by atoms with Crippen LogP contribution in [0.5, 0.6) is 0 Å². The van der Waals surface area contributed by atoms with E-state index in [1.165, 1.54) is 23.1 Å². The van der Waals surface area contributed by atoms with E-state index in [9.17, 15) is 14.0 Å². The predicted molar refractivity (Wildman–Crippen MR) is 97.3 cm³/mol. The molecule has 2 N–H and O–H groups in total. The summed E-state index contributed by atoms with van der Waals surface area (Å²) in [6.07, 6.45) is 0. The highest BCUT2D eigenvalue weighted by Gasteiger charge is 2.29. The van der Waals surface area contributed by atoms with Crippen LogP contribution in [0.4, 0.5) is 4.39 Å². The third-order valence-electron chi connectivity index (χ3n) is 4.48. The molecule has 3 rings (SSSR count). The third-order valence-corrected chi connectivity index (χ3v) is 4.79. The van der Waals surface area contributed by atoms with Gasteiger partial charge >= 0.3 is 0 Å². The maximum Gasteiger partial charge on any atom is 0.258 e. The standard InChI is InChI=1S/C19H19ClFN3O2/c20-14-7-4-8-15(21)16(14)18(25)23-9-11-24(12-10-23)19(26)17(22)13-5-2-1-3-6-13/h1-8,17H,9-12,22H2. The minimum atomic E-state index is -0.737. The first-order valence-electron chi connectivity index (χ1n) is 8.31. The highest BCUT2D eigenvalue weighted by atomic mass is 35.5. The Balaban J connectivity index is 1.64. The van der Waals surface area contributed by atoms with Gasteiger partial charge in [-0.3, -0.25) is 9.59 Å². The van der Waals surface area contributed by atoms with Gasteiger partial charge in [-0.15, -0.1) is 0 Å². The summed E-state index contributed by atoms with van der Waals surface area (Å²) in [7, 11) is 0. The summed E-state index contributed by atoms with van der Waals surface area (Å²) >= 11 is 5.96. The lowest BCUT2D eigenvalue weighted by atomic mass is 10.1. The Labute approximate surface area is 156 Å². The summed E-state index contributed by atoms with van der Waals surface area (Å²) in [5.41, 5.74) is 6.67. The third kappa shape index (κ3) is 3.71. The van der Waals surface area contributed by atoms with Crippen LogP contribution in [0.2, 0.25) is 5.02 Å². The van der Waals surface area contributed by atoms with Gasteiger partial charge in [-0.25, -0.2) is 4.39 Å². The fraction of sp³-hybridized carbons (Fsp3) is 0.263. The van der Waals surface area contributed by atoms with Crippen molar-refractivity contribution >= 4 is 23.4 Å². The van der Waals surface area contributed by atoms with E-state index in [1.807, 2.05) is 30.3 Å². The van der Waals surface area contributed by atoms with Crippen molar-refractivity contribution in [3.05, 3.63) is 70.5 Å². The van der Waals surface area contributed by atoms with E-state index >= 15 is 0 Å². The zero-order valence-electron chi connectivity index (χ0n) is 14.1. The number of nitrogens with two attached hydrogens (primary N) is 1. The van der Waals surface area contributed by atoms with Gasteiger partial charge < -0.3 is 15.5 Å². The maximum absolute atomic E-state index is 13.9. The van der Waals surface area contributed by atoms with Gasteiger partial charge in [0.1, 0.15) is 11.9 Å². The predicted octanol–water partition coefficient (Wildman–Crippen LogP) is 2.46. The van der Waals surface area contributed by atoms with E-state index in [0.29, 0.717) is 26.2 Å². The van der Waals surface area contributed by atoms with Crippen LogP contribution in [0.1, 0.15) is 22.0 Å². The second-order valence-corrected chi connectivity index (χ2v) is 6.51. The minimum Gasteiger partial charge on any atom is -0.337 e. The van der Waals surface area contributed by atoms with Crippen molar-refractivity contribution in [2.45, 2.75) is 6.04 Å². The van der Waals surface area contributed by atoms with Gasteiger partial charge in [-0.2, -0.15) is 0 Å². The molecule has 0 aromatic heterocycles. The molecule has 0 spiro atoms. The molecule has 1 aliphatic rings. The molecule has 1 aliphatic heterocycles. The van der Waals surface area contributed by atoms with Gasteiger partial charge in [0.2, 0.25) is 5.91 Å². The molecule has 7 heteroatoms.